The lowest BCUT2D eigenvalue weighted by molar-refractivity contribution is -0.121. The van der Waals surface area contributed by atoms with E-state index in [-0.39, 0.29) is 30.0 Å². The molecule has 0 fully saturated rings. The SMILES string of the molecule is COc1cc(C2CC(=O)N(CC(=O)Nc3cccc(Cl)c3)c3ccccc3S2)cc(OC)c1OC. The first kappa shape index (κ1) is 24.8. The Hall–Kier alpha value is -3.36. The van der Waals surface area contributed by atoms with Crippen molar-refractivity contribution in [3.63, 3.8) is 0 Å². The molecule has 0 bridgehead atoms. The zero-order valence-corrected chi connectivity index (χ0v) is 21.1. The summed E-state index contributed by atoms with van der Waals surface area (Å²) >= 11 is 7.58. The van der Waals surface area contributed by atoms with Crippen LogP contribution in [-0.4, -0.2) is 39.7 Å². The van der Waals surface area contributed by atoms with E-state index in [0.717, 1.165) is 10.5 Å². The molecule has 3 aromatic rings. The Morgan fingerprint density at radius 3 is 2.40 bits per heavy atom. The molecule has 0 saturated heterocycles. The molecular weight excluding hydrogens is 488 g/mol. The van der Waals surface area contributed by atoms with Crippen LogP contribution in [0.15, 0.2) is 65.6 Å². The van der Waals surface area contributed by atoms with Crippen molar-refractivity contribution in [2.75, 3.05) is 38.1 Å². The Labute approximate surface area is 213 Å². The van der Waals surface area contributed by atoms with E-state index in [0.29, 0.717) is 33.6 Å². The summed E-state index contributed by atoms with van der Waals surface area (Å²) in [5.41, 5.74) is 2.12. The first-order chi connectivity index (χ1) is 16.9. The van der Waals surface area contributed by atoms with Crippen molar-refractivity contribution in [2.24, 2.45) is 0 Å². The molecule has 1 unspecified atom stereocenters. The monoisotopic (exact) mass is 512 g/mol. The lowest BCUT2D eigenvalue weighted by atomic mass is 10.1. The van der Waals surface area contributed by atoms with Gasteiger partial charge in [0.15, 0.2) is 11.5 Å². The summed E-state index contributed by atoms with van der Waals surface area (Å²) in [5.74, 6) is 1.05. The van der Waals surface area contributed by atoms with Crippen LogP contribution in [0.2, 0.25) is 5.02 Å². The van der Waals surface area contributed by atoms with E-state index in [1.54, 1.807) is 57.4 Å². The summed E-state index contributed by atoms with van der Waals surface area (Å²) in [6, 6.07) is 18.2. The molecule has 0 spiro atoms. The third-order valence-corrected chi connectivity index (χ3v) is 7.11. The quantitative estimate of drug-likeness (QED) is 0.445. The summed E-state index contributed by atoms with van der Waals surface area (Å²) in [4.78, 5) is 28.7. The highest BCUT2D eigenvalue weighted by molar-refractivity contribution is 7.99. The second-order valence-electron chi connectivity index (χ2n) is 7.78. The Morgan fingerprint density at radius 1 is 1.03 bits per heavy atom. The van der Waals surface area contributed by atoms with Gasteiger partial charge in [-0.25, -0.2) is 0 Å². The molecule has 9 heteroatoms. The maximum atomic E-state index is 13.5. The normalized spacial score (nSPS) is 15.1. The molecule has 7 nitrogen and oxygen atoms in total. The maximum absolute atomic E-state index is 13.5. The van der Waals surface area contributed by atoms with Crippen LogP contribution in [0.5, 0.6) is 17.2 Å². The number of para-hydroxylation sites is 1. The van der Waals surface area contributed by atoms with Crippen LogP contribution in [0, 0.1) is 0 Å². The summed E-state index contributed by atoms with van der Waals surface area (Å²) in [6.07, 6.45) is 0.183. The number of carbonyl (C=O) groups excluding carboxylic acids is 2. The number of thioether (sulfide) groups is 1. The molecule has 1 heterocycles. The van der Waals surface area contributed by atoms with E-state index < -0.39 is 0 Å². The van der Waals surface area contributed by atoms with E-state index in [1.165, 1.54) is 4.90 Å². The minimum absolute atomic E-state index is 0.120. The largest absolute Gasteiger partial charge is 0.493 e. The van der Waals surface area contributed by atoms with Gasteiger partial charge in [-0.2, -0.15) is 0 Å². The summed E-state index contributed by atoms with van der Waals surface area (Å²) in [6.45, 7) is -0.120. The van der Waals surface area contributed by atoms with Gasteiger partial charge in [-0.05, 0) is 48.0 Å². The zero-order valence-electron chi connectivity index (χ0n) is 19.5. The van der Waals surface area contributed by atoms with E-state index in [9.17, 15) is 9.59 Å². The van der Waals surface area contributed by atoms with Gasteiger partial charge in [-0.15, -0.1) is 11.8 Å². The smallest absolute Gasteiger partial charge is 0.244 e. The lowest BCUT2D eigenvalue weighted by Crippen LogP contribution is -2.38. The van der Waals surface area contributed by atoms with Gasteiger partial charge in [-0.1, -0.05) is 29.8 Å². The number of fused-ring (bicyclic) bond motifs is 1. The summed E-state index contributed by atoms with van der Waals surface area (Å²) < 4.78 is 16.4. The summed E-state index contributed by atoms with van der Waals surface area (Å²) in [7, 11) is 4.66. The predicted octanol–water partition coefficient (Wildman–Crippen LogP) is 5.57. The van der Waals surface area contributed by atoms with Crippen LogP contribution in [0.25, 0.3) is 0 Å². The maximum Gasteiger partial charge on any atom is 0.244 e. The molecule has 4 rings (SSSR count). The van der Waals surface area contributed by atoms with Crippen molar-refractivity contribution in [3.05, 3.63) is 71.2 Å². The number of nitrogens with zero attached hydrogens (tertiary/aromatic N) is 1. The fraction of sp³-hybridized carbons (Fsp3) is 0.231. The second-order valence-corrected chi connectivity index (χ2v) is 9.46. The van der Waals surface area contributed by atoms with Crippen molar-refractivity contribution in [1.82, 2.24) is 0 Å². The van der Waals surface area contributed by atoms with E-state index in [1.807, 2.05) is 36.4 Å². The van der Waals surface area contributed by atoms with Crippen molar-refractivity contribution < 1.29 is 23.8 Å². The Morgan fingerprint density at radius 2 is 1.74 bits per heavy atom. The van der Waals surface area contributed by atoms with Crippen molar-refractivity contribution in [3.8, 4) is 17.2 Å². The average Bonchev–Trinajstić information content (AvgIpc) is 2.99. The van der Waals surface area contributed by atoms with Crippen molar-refractivity contribution in [1.29, 1.82) is 0 Å². The Kier molecular flexibility index (Phi) is 7.73. The molecule has 1 aliphatic rings. The highest BCUT2D eigenvalue weighted by atomic mass is 35.5. The van der Waals surface area contributed by atoms with Crippen LogP contribution >= 0.6 is 23.4 Å². The highest BCUT2D eigenvalue weighted by Gasteiger charge is 2.31. The second kappa shape index (κ2) is 10.9. The zero-order chi connectivity index (χ0) is 24.9. The topological polar surface area (TPSA) is 77.1 Å². The number of anilines is 2. The fourth-order valence-electron chi connectivity index (χ4n) is 3.93. The molecule has 2 amide bonds. The molecule has 0 radical (unpaired) electrons. The number of hydrogen-bond acceptors (Lipinski definition) is 6. The van der Waals surface area contributed by atoms with Crippen LogP contribution in [0.1, 0.15) is 17.2 Å². The third-order valence-electron chi connectivity index (χ3n) is 5.56. The molecule has 0 saturated carbocycles. The lowest BCUT2D eigenvalue weighted by Gasteiger charge is -2.22. The number of rotatable bonds is 7. The minimum atomic E-state index is -0.313. The standard InChI is InChI=1S/C26H25ClN2O5S/c1-32-20-11-16(12-21(33-2)26(20)34-3)23-14-25(31)29(19-9-4-5-10-22(19)35-23)15-24(30)28-18-8-6-7-17(27)13-18/h4-13,23H,14-15H2,1-3H3,(H,28,30). The number of methoxy groups -OCH3 is 3. The van der Waals surface area contributed by atoms with Gasteiger partial charge in [0.25, 0.3) is 0 Å². The number of carbonyl (C=O) groups is 2. The summed E-state index contributed by atoms with van der Waals surface area (Å²) in [5, 5.41) is 3.11. The van der Waals surface area contributed by atoms with Crippen LogP contribution in [0.3, 0.4) is 0 Å². The number of amides is 2. The Balaban J connectivity index is 1.63. The third kappa shape index (κ3) is 5.49. The van der Waals surface area contributed by atoms with Gasteiger partial charge in [0, 0.05) is 27.3 Å². The fourth-order valence-corrected chi connectivity index (χ4v) is 5.39. The highest BCUT2D eigenvalue weighted by Crippen LogP contribution is 2.49. The van der Waals surface area contributed by atoms with Gasteiger partial charge >= 0.3 is 0 Å². The van der Waals surface area contributed by atoms with Gasteiger partial charge < -0.3 is 24.4 Å². The van der Waals surface area contributed by atoms with E-state index >= 15 is 0 Å². The molecule has 1 atom stereocenters. The molecule has 1 N–H and O–H groups in total. The van der Waals surface area contributed by atoms with E-state index in [4.69, 9.17) is 25.8 Å². The number of benzene rings is 3. The van der Waals surface area contributed by atoms with Gasteiger partial charge in [-0.3, -0.25) is 9.59 Å². The number of nitrogens with one attached hydrogen (secondary N) is 1. The van der Waals surface area contributed by atoms with Gasteiger partial charge in [0.1, 0.15) is 6.54 Å². The van der Waals surface area contributed by atoms with E-state index in [2.05, 4.69) is 5.32 Å². The minimum Gasteiger partial charge on any atom is -0.493 e. The predicted molar refractivity (Wildman–Crippen MR) is 138 cm³/mol. The van der Waals surface area contributed by atoms with Crippen LogP contribution in [-0.2, 0) is 9.59 Å². The number of ether oxygens (including phenoxy) is 3. The number of halogens is 1. The van der Waals surface area contributed by atoms with Gasteiger partial charge in [0.05, 0.1) is 27.0 Å². The van der Waals surface area contributed by atoms with Gasteiger partial charge in [0.2, 0.25) is 17.6 Å². The number of hydrogen-bond donors (Lipinski definition) is 1. The Bertz CT molecular complexity index is 1230. The molecule has 35 heavy (non-hydrogen) atoms. The van der Waals surface area contributed by atoms with Crippen molar-refractivity contribution in [2.45, 2.75) is 16.6 Å². The van der Waals surface area contributed by atoms with Crippen molar-refractivity contribution >= 4 is 46.6 Å². The first-order valence-corrected chi connectivity index (χ1v) is 12.1. The molecule has 1 aliphatic heterocycles. The molecule has 0 aliphatic carbocycles. The van der Waals surface area contributed by atoms with Crippen LogP contribution in [0.4, 0.5) is 11.4 Å². The van der Waals surface area contributed by atoms with Crippen LogP contribution < -0.4 is 24.4 Å². The first-order valence-electron chi connectivity index (χ1n) is 10.8. The molecule has 3 aromatic carbocycles. The molecule has 0 aromatic heterocycles. The molecule has 182 valence electrons. The molecular formula is C26H25ClN2O5S. The average molecular weight is 513 g/mol.